The molecule has 2 aromatic rings. The van der Waals surface area contributed by atoms with Gasteiger partial charge in [0.25, 0.3) is 5.69 Å². The van der Waals surface area contributed by atoms with Crippen molar-refractivity contribution >= 4 is 32.7 Å². The first kappa shape index (κ1) is 19.8. The molecule has 1 atom stereocenters. The van der Waals surface area contributed by atoms with Crippen LogP contribution in [0.3, 0.4) is 0 Å². The van der Waals surface area contributed by atoms with Gasteiger partial charge in [-0.05, 0) is 42.3 Å². The van der Waals surface area contributed by atoms with Gasteiger partial charge in [-0.15, -0.1) is 11.3 Å². The van der Waals surface area contributed by atoms with Crippen LogP contribution >= 0.6 is 11.3 Å². The van der Waals surface area contributed by atoms with Crippen molar-refractivity contribution in [1.82, 2.24) is 4.31 Å². The van der Waals surface area contributed by atoms with E-state index in [9.17, 15) is 18.5 Å². The smallest absolute Gasteiger partial charge is 0.293 e. The minimum Gasteiger partial charge on any atom is -0.364 e. The van der Waals surface area contributed by atoms with Crippen molar-refractivity contribution in [3.05, 3.63) is 50.7 Å². The molecule has 0 amide bonds. The van der Waals surface area contributed by atoms with Crippen LogP contribution in [0.1, 0.15) is 24.6 Å². The number of anilines is 1. The summed E-state index contributed by atoms with van der Waals surface area (Å²) in [5, 5.41) is 13.6. The molecule has 0 spiro atoms. The molecule has 3 rings (SSSR count). The van der Waals surface area contributed by atoms with Crippen LogP contribution in [0, 0.1) is 16.0 Å². The predicted octanol–water partition coefficient (Wildman–Crippen LogP) is 3.71. The second-order valence-corrected chi connectivity index (χ2v) is 9.92. The van der Waals surface area contributed by atoms with Crippen LogP contribution in [0.5, 0.6) is 0 Å². The average Bonchev–Trinajstić information content (AvgIpc) is 3.14. The SMILES string of the molecule is C[C@H]1CCCN(S(=O)(=O)c2ccc(N(C)Cc3cccs3)c([N+](=O)[O-])c2)C1. The Kier molecular flexibility index (Phi) is 5.83. The van der Waals surface area contributed by atoms with Crippen LogP contribution in [-0.2, 0) is 16.6 Å². The molecular formula is C18H23N3O4S2. The molecule has 1 fully saturated rings. The van der Waals surface area contributed by atoms with Gasteiger partial charge >= 0.3 is 0 Å². The minimum absolute atomic E-state index is 0.0171. The van der Waals surface area contributed by atoms with Gasteiger partial charge in [-0.2, -0.15) is 4.31 Å². The van der Waals surface area contributed by atoms with Gasteiger partial charge < -0.3 is 4.90 Å². The minimum atomic E-state index is -3.73. The van der Waals surface area contributed by atoms with Gasteiger partial charge in [0.2, 0.25) is 10.0 Å². The van der Waals surface area contributed by atoms with E-state index < -0.39 is 14.9 Å². The molecule has 1 aliphatic heterocycles. The summed E-state index contributed by atoms with van der Waals surface area (Å²) in [5.41, 5.74) is 0.208. The van der Waals surface area contributed by atoms with Crippen molar-refractivity contribution in [3.8, 4) is 0 Å². The van der Waals surface area contributed by atoms with E-state index >= 15 is 0 Å². The van der Waals surface area contributed by atoms with Crippen molar-refractivity contribution in [2.75, 3.05) is 25.0 Å². The van der Waals surface area contributed by atoms with Crippen LogP contribution in [-0.4, -0.2) is 37.8 Å². The van der Waals surface area contributed by atoms with Gasteiger partial charge in [0.1, 0.15) is 5.69 Å². The Morgan fingerprint density at radius 1 is 1.37 bits per heavy atom. The van der Waals surface area contributed by atoms with E-state index in [1.165, 1.54) is 22.5 Å². The van der Waals surface area contributed by atoms with Gasteiger partial charge in [0, 0.05) is 31.1 Å². The number of nitrogens with zero attached hydrogens (tertiary/aromatic N) is 3. The molecule has 1 aliphatic rings. The molecule has 7 nitrogen and oxygen atoms in total. The second kappa shape index (κ2) is 7.95. The fraction of sp³-hybridized carbons (Fsp3) is 0.444. The summed E-state index contributed by atoms with van der Waals surface area (Å²) in [6, 6.07) is 8.09. The predicted molar refractivity (Wildman–Crippen MR) is 107 cm³/mol. The van der Waals surface area contributed by atoms with E-state index in [1.807, 2.05) is 24.4 Å². The zero-order chi connectivity index (χ0) is 19.6. The van der Waals surface area contributed by atoms with Gasteiger partial charge in [-0.3, -0.25) is 10.1 Å². The molecule has 1 saturated heterocycles. The molecule has 0 N–H and O–H groups in total. The zero-order valence-corrected chi connectivity index (χ0v) is 17.0. The largest absolute Gasteiger partial charge is 0.364 e. The lowest BCUT2D eigenvalue weighted by atomic mass is 10.0. The molecule has 146 valence electrons. The van der Waals surface area contributed by atoms with E-state index in [0.717, 1.165) is 17.7 Å². The third-order valence-electron chi connectivity index (χ3n) is 4.79. The van der Waals surface area contributed by atoms with Crippen molar-refractivity contribution < 1.29 is 13.3 Å². The number of hydrogen-bond donors (Lipinski definition) is 0. The molecule has 0 unspecified atom stereocenters. The summed E-state index contributed by atoms with van der Waals surface area (Å²) in [4.78, 5) is 13.9. The van der Waals surface area contributed by atoms with Crippen molar-refractivity contribution in [1.29, 1.82) is 0 Å². The van der Waals surface area contributed by atoms with Crippen molar-refractivity contribution in [3.63, 3.8) is 0 Å². The number of nitro benzene ring substituents is 1. The molecule has 0 saturated carbocycles. The Balaban J connectivity index is 1.92. The van der Waals surface area contributed by atoms with Crippen LogP contribution < -0.4 is 4.90 Å². The maximum atomic E-state index is 12.9. The van der Waals surface area contributed by atoms with E-state index in [1.54, 1.807) is 23.3 Å². The number of piperidine rings is 1. The van der Waals surface area contributed by atoms with E-state index in [2.05, 4.69) is 0 Å². The Bertz CT molecular complexity index is 913. The lowest BCUT2D eigenvalue weighted by Gasteiger charge is -2.30. The van der Waals surface area contributed by atoms with Crippen LogP contribution in [0.25, 0.3) is 0 Å². The standard InChI is InChI=1S/C18H23N3O4S2/c1-14-5-3-9-20(12-14)27(24,25)16-7-8-17(18(11-16)21(22)23)19(2)13-15-6-4-10-26-15/h4,6-8,10-11,14H,3,5,9,12-13H2,1-2H3/t14-/m0/s1. The van der Waals surface area contributed by atoms with Crippen LogP contribution in [0.15, 0.2) is 40.6 Å². The van der Waals surface area contributed by atoms with Crippen molar-refractivity contribution in [2.45, 2.75) is 31.2 Å². The Labute approximate surface area is 163 Å². The summed E-state index contributed by atoms with van der Waals surface area (Å²) >= 11 is 1.57. The number of rotatable bonds is 6. The average molecular weight is 410 g/mol. The fourth-order valence-electron chi connectivity index (χ4n) is 3.37. The second-order valence-electron chi connectivity index (χ2n) is 6.95. The number of hydrogen-bond acceptors (Lipinski definition) is 6. The first-order valence-corrected chi connectivity index (χ1v) is 11.1. The Hall–Kier alpha value is -1.97. The summed E-state index contributed by atoms with van der Waals surface area (Å²) in [6.45, 7) is 3.46. The van der Waals surface area contributed by atoms with Crippen LogP contribution in [0.2, 0.25) is 0 Å². The highest BCUT2D eigenvalue weighted by Gasteiger charge is 2.31. The van der Waals surface area contributed by atoms with Gasteiger partial charge in [0.05, 0.1) is 16.4 Å². The number of thiophene rings is 1. The molecular weight excluding hydrogens is 386 g/mol. The summed E-state index contributed by atoms with van der Waals surface area (Å²) in [7, 11) is -1.96. The summed E-state index contributed by atoms with van der Waals surface area (Å²) in [5.74, 6) is 0.291. The van der Waals surface area contributed by atoms with Gasteiger partial charge in [-0.25, -0.2) is 8.42 Å². The molecule has 1 aromatic heterocycles. The van der Waals surface area contributed by atoms with Crippen LogP contribution in [0.4, 0.5) is 11.4 Å². The molecule has 0 bridgehead atoms. The van der Waals surface area contributed by atoms with E-state index in [4.69, 9.17) is 0 Å². The van der Waals surface area contributed by atoms with E-state index in [-0.39, 0.29) is 10.6 Å². The maximum absolute atomic E-state index is 12.9. The lowest BCUT2D eigenvalue weighted by molar-refractivity contribution is -0.384. The monoisotopic (exact) mass is 409 g/mol. The molecule has 0 aliphatic carbocycles. The number of nitro groups is 1. The molecule has 1 aromatic carbocycles. The first-order valence-electron chi connectivity index (χ1n) is 8.81. The van der Waals surface area contributed by atoms with Gasteiger partial charge in [-0.1, -0.05) is 13.0 Å². The van der Waals surface area contributed by atoms with E-state index in [0.29, 0.717) is 31.2 Å². The maximum Gasteiger partial charge on any atom is 0.293 e. The zero-order valence-electron chi connectivity index (χ0n) is 15.4. The molecule has 27 heavy (non-hydrogen) atoms. The highest BCUT2D eigenvalue weighted by atomic mass is 32.2. The Morgan fingerprint density at radius 2 is 2.15 bits per heavy atom. The summed E-state index contributed by atoms with van der Waals surface area (Å²) < 4.78 is 27.3. The van der Waals surface area contributed by atoms with Gasteiger partial charge in [0.15, 0.2) is 0 Å². The van der Waals surface area contributed by atoms with Crippen molar-refractivity contribution in [2.24, 2.45) is 5.92 Å². The normalized spacial score (nSPS) is 18.4. The lowest BCUT2D eigenvalue weighted by Crippen LogP contribution is -2.39. The third kappa shape index (κ3) is 4.31. The summed E-state index contributed by atoms with van der Waals surface area (Å²) in [6.07, 6.45) is 1.81. The number of benzene rings is 1. The molecule has 2 heterocycles. The first-order chi connectivity index (χ1) is 12.8. The fourth-order valence-corrected chi connectivity index (χ4v) is 5.74. The number of sulfonamides is 1. The highest BCUT2D eigenvalue weighted by Crippen LogP contribution is 2.33. The topological polar surface area (TPSA) is 83.8 Å². The molecule has 9 heteroatoms. The molecule has 0 radical (unpaired) electrons. The highest BCUT2D eigenvalue weighted by molar-refractivity contribution is 7.89. The third-order valence-corrected chi connectivity index (χ3v) is 7.51. The quantitative estimate of drug-likeness (QED) is 0.536. The Morgan fingerprint density at radius 3 is 2.78 bits per heavy atom.